The van der Waals surface area contributed by atoms with Gasteiger partial charge in [-0.2, -0.15) is 4.98 Å². The van der Waals surface area contributed by atoms with Crippen LogP contribution in [0.5, 0.6) is 0 Å². The van der Waals surface area contributed by atoms with Gasteiger partial charge in [-0.3, -0.25) is 0 Å². The number of benzene rings is 4. The second kappa shape index (κ2) is 11.8. The van der Waals surface area contributed by atoms with Gasteiger partial charge in [-0.1, -0.05) is 48.5 Å². The Morgan fingerprint density at radius 2 is 1.49 bits per heavy atom. The van der Waals surface area contributed by atoms with E-state index in [9.17, 15) is 12.8 Å². The third-order valence-electron chi connectivity index (χ3n) is 7.80. The topological polar surface area (TPSA) is 96.0 Å². The lowest BCUT2D eigenvalue weighted by Crippen LogP contribution is -2.32. The maximum Gasteiger partial charge on any atom is 0.240 e. The highest BCUT2D eigenvalue weighted by Gasteiger charge is 2.24. The van der Waals surface area contributed by atoms with Crippen LogP contribution in [0.15, 0.2) is 95.9 Å². The fourth-order valence-electron chi connectivity index (χ4n) is 5.47. The Balaban J connectivity index is 1.04. The molecular formula is C32H32FN5O2S. The molecule has 5 aromatic rings. The molecule has 6 rings (SSSR count). The maximum absolute atomic E-state index is 13.7. The summed E-state index contributed by atoms with van der Waals surface area (Å²) in [4.78, 5) is 9.68. The normalized spacial score (nSPS) is 17.5. The number of hydrogen-bond acceptors (Lipinski definition) is 6. The molecule has 0 bridgehead atoms. The third kappa shape index (κ3) is 6.47. The first-order valence-corrected chi connectivity index (χ1v) is 15.4. The Morgan fingerprint density at radius 3 is 2.29 bits per heavy atom. The molecule has 9 heteroatoms. The van der Waals surface area contributed by atoms with Crippen molar-refractivity contribution in [1.29, 1.82) is 0 Å². The van der Waals surface area contributed by atoms with Gasteiger partial charge in [0.1, 0.15) is 11.6 Å². The molecule has 41 heavy (non-hydrogen) atoms. The number of fused-ring (bicyclic) bond motifs is 2. The second-order valence-corrected chi connectivity index (χ2v) is 12.4. The van der Waals surface area contributed by atoms with Crippen molar-refractivity contribution in [1.82, 2.24) is 14.7 Å². The van der Waals surface area contributed by atoms with Crippen molar-refractivity contribution in [3.8, 4) is 0 Å². The highest BCUT2D eigenvalue weighted by atomic mass is 32.2. The molecule has 0 radical (unpaired) electrons. The van der Waals surface area contributed by atoms with E-state index >= 15 is 0 Å². The largest absolute Gasteiger partial charge is 0.354 e. The fourth-order valence-corrected chi connectivity index (χ4v) is 6.63. The number of para-hydroxylation sites is 1. The van der Waals surface area contributed by atoms with Gasteiger partial charge in [-0.15, -0.1) is 0 Å². The molecule has 4 aromatic carbocycles. The molecule has 1 aromatic heterocycles. The van der Waals surface area contributed by atoms with Gasteiger partial charge in [0.25, 0.3) is 0 Å². The summed E-state index contributed by atoms with van der Waals surface area (Å²) in [6.45, 7) is 1.17. The van der Waals surface area contributed by atoms with Crippen molar-refractivity contribution in [2.24, 2.45) is 11.8 Å². The lowest BCUT2D eigenvalue weighted by molar-refractivity contribution is 0.284. The first kappa shape index (κ1) is 27.1. The average molecular weight is 570 g/mol. The van der Waals surface area contributed by atoms with E-state index in [0.717, 1.165) is 53.9 Å². The molecule has 0 atom stereocenters. The molecule has 0 amide bonds. The van der Waals surface area contributed by atoms with E-state index in [0.29, 0.717) is 40.7 Å². The number of halogens is 1. The number of hydrogen-bond donors (Lipinski definition) is 3. The molecule has 0 spiro atoms. The SMILES string of the molecule is O=S(=O)(NCC1CCC(CNc2nc(Nc3cccc(F)c3)c3ccccc3n2)CC1)c1ccc2ccccc2c1. The first-order chi connectivity index (χ1) is 19.9. The van der Waals surface area contributed by atoms with E-state index in [1.54, 1.807) is 24.3 Å². The highest BCUT2D eigenvalue weighted by Crippen LogP contribution is 2.30. The van der Waals surface area contributed by atoms with E-state index in [4.69, 9.17) is 4.98 Å². The van der Waals surface area contributed by atoms with E-state index in [1.807, 2.05) is 54.6 Å². The van der Waals surface area contributed by atoms with Crippen molar-refractivity contribution in [3.05, 3.63) is 96.8 Å². The van der Waals surface area contributed by atoms with Crippen molar-refractivity contribution in [3.63, 3.8) is 0 Å². The third-order valence-corrected chi connectivity index (χ3v) is 9.22. The van der Waals surface area contributed by atoms with E-state index in [1.165, 1.54) is 12.1 Å². The Bertz CT molecular complexity index is 1790. The standard InChI is InChI=1S/C32H32FN5O2S/c33-26-8-5-9-27(19-26)36-31-29-10-3-4-11-30(29)37-32(38-31)34-20-22-12-14-23(15-13-22)21-35-41(39,40)28-17-16-24-6-1-2-7-25(24)18-28/h1-11,16-19,22-23,35H,12-15,20-21H2,(H2,34,36,37,38). The van der Waals surface area contributed by atoms with Crippen LogP contribution in [-0.2, 0) is 10.0 Å². The van der Waals surface area contributed by atoms with Gasteiger partial charge in [0.05, 0.1) is 10.4 Å². The number of rotatable bonds is 9. The van der Waals surface area contributed by atoms with Gasteiger partial charge in [0.2, 0.25) is 16.0 Å². The van der Waals surface area contributed by atoms with E-state index in [-0.39, 0.29) is 5.82 Å². The predicted octanol–water partition coefficient (Wildman–Crippen LogP) is 6.86. The quantitative estimate of drug-likeness (QED) is 0.179. The Morgan fingerprint density at radius 1 is 0.756 bits per heavy atom. The minimum Gasteiger partial charge on any atom is -0.354 e. The maximum atomic E-state index is 13.7. The van der Waals surface area contributed by atoms with Gasteiger partial charge >= 0.3 is 0 Å². The number of anilines is 3. The Kier molecular flexibility index (Phi) is 7.80. The van der Waals surface area contributed by atoms with E-state index < -0.39 is 10.0 Å². The van der Waals surface area contributed by atoms with Crippen LogP contribution >= 0.6 is 0 Å². The zero-order chi connectivity index (χ0) is 28.2. The van der Waals surface area contributed by atoms with Crippen LogP contribution in [0.25, 0.3) is 21.7 Å². The number of nitrogens with one attached hydrogen (secondary N) is 3. The summed E-state index contributed by atoms with van der Waals surface area (Å²) in [5.41, 5.74) is 1.42. The molecule has 210 valence electrons. The highest BCUT2D eigenvalue weighted by molar-refractivity contribution is 7.89. The molecule has 0 unspecified atom stereocenters. The smallest absolute Gasteiger partial charge is 0.240 e. The van der Waals surface area contributed by atoms with Crippen LogP contribution in [-0.4, -0.2) is 31.5 Å². The monoisotopic (exact) mass is 569 g/mol. The van der Waals surface area contributed by atoms with Crippen molar-refractivity contribution < 1.29 is 12.8 Å². The number of sulfonamides is 1. The van der Waals surface area contributed by atoms with E-state index in [2.05, 4.69) is 20.3 Å². The van der Waals surface area contributed by atoms with Crippen LogP contribution in [0.1, 0.15) is 25.7 Å². The van der Waals surface area contributed by atoms with Gasteiger partial charge in [-0.05, 0) is 90.8 Å². The summed E-state index contributed by atoms with van der Waals surface area (Å²) in [7, 11) is -3.56. The lowest BCUT2D eigenvalue weighted by Gasteiger charge is -2.28. The fraction of sp³-hybridized carbons (Fsp3) is 0.250. The molecule has 1 saturated carbocycles. The first-order valence-electron chi connectivity index (χ1n) is 13.9. The summed E-state index contributed by atoms with van der Waals surface area (Å²) in [5, 5.41) is 9.42. The summed E-state index contributed by atoms with van der Waals surface area (Å²) in [6, 6.07) is 27.0. The zero-order valence-electron chi connectivity index (χ0n) is 22.6. The predicted molar refractivity (Wildman–Crippen MR) is 162 cm³/mol. The lowest BCUT2D eigenvalue weighted by atomic mass is 9.82. The van der Waals surface area contributed by atoms with Crippen LogP contribution in [0.3, 0.4) is 0 Å². The van der Waals surface area contributed by atoms with Crippen molar-refractivity contribution >= 4 is 49.2 Å². The molecule has 1 aliphatic rings. The summed E-state index contributed by atoms with van der Waals surface area (Å²) in [5.74, 6) is 1.57. The van der Waals surface area contributed by atoms with Gasteiger partial charge < -0.3 is 10.6 Å². The molecule has 1 fully saturated rings. The Labute approximate surface area is 239 Å². The van der Waals surface area contributed by atoms with Crippen molar-refractivity contribution in [2.75, 3.05) is 23.7 Å². The molecule has 1 heterocycles. The Hall–Kier alpha value is -4.08. The van der Waals surface area contributed by atoms with Crippen LogP contribution < -0.4 is 15.4 Å². The van der Waals surface area contributed by atoms with Crippen LogP contribution in [0, 0.1) is 17.7 Å². The number of nitrogens with zero attached hydrogens (tertiary/aromatic N) is 2. The van der Waals surface area contributed by atoms with Gasteiger partial charge in [-0.25, -0.2) is 22.5 Å². The molecule has 1 aliphatic carbocycles. The summed E-state index contributed by atoms with van der Waals surface area (Å²) < 4.78 is 42.4. The molecule has 0 aliphatic heterocycles. The van der Waals surface area contributed by atoms with Crippen LogP contribution in [0.4, 0.5) is 21.8 Å². The van der Waals surface area contributed by atoms with Gasteiger partial charge in [0.15, 0.2) is 0 Å². The molecular weight excluding hydrogens is 537 g/mol. The molecule has 7 nitrogen and oxygen atoms in total. The minimum absolute atomic E-state index is 0.302. The second-order valence-electron chi connectivity index (χ2n) is 10.7. The average Bonchev–Trinajstić information content (AvgIpc) is 2.99. The van der Waals surface area contributed by atoms with Crippen molar-refractivity contribution in [2.45, 2.75) is 30.6 Å². The summed E-state index contributed by atoms with van der Waals surface area (Å²) >= 11 is 0. The number of aromatic nitrogens is 2. The zero-order valence-corrected chi connectivity index (χ0v) is 23.4. The molecule has 0 saturated heterocycles. The minimum atomic E-state index is -3.56. The van der Waals surface area contributed by atoms with Gasteiger partial charge in [0, 0.05) is 24.2 Å². The summed E-state index contributed by atoms with van der Waals surface area (Å²) in [6.07, 6.45) is 3.91. The van der Waals surface area contributed by atoms with Crippen LogP contribution in [0.2, 0.25) is 0 Å². The molecule has 3 N–H and O–H groups in total.